The zero-order valence-electron chi connectivity index (χ0n) is 12.6. The highest BCUT2D eigenvalue weighted by atomic mass is 127. The van der Waals surface area contributed by atoms with E-state index >= 15 is 0 Å². The van der Waals surface area contributed by atoms with Gasteiger partial charge in [-0.15, -0.1) is 0 Å². The van der Waals surface area contributed by atoms with Crippen LogP contribution in [0.3, 0.4) is 0 Å². The molecule has 1 aliphatic carbocycles. The lowest BCUT2D eigenvalue weighted by Gasteiger charge is -2.39. The maximum absolute atomic E-state index is 6.15. The van der Waals surface area contributed by atoms with Crippen molar-refractivity contribution in [2.24, 2.45) is 10.8 Å². The average Bonchev–Trinajstić information content (AvgIpc) is 2.64. The molecule has 0 N–H and O–H groups in total. The first kappa shape index (κ1) is 14.2. The Kier molecular flexibility index (Phi) is 3.27. The molecule has 0 amide bonds. The molecule has 0 spiro atoms. The van der Waals surface area contributed by atoms with E-state index in [1.165, 1.54) is 21.0 Å². The second-order valence-corrected chi connectivity index (χ2v) is 8.50. The molecular weight excluding hydrogens is 359 g/mol. The van der Waals surface area contributed by atoms with Crippen molar-refractivity contribution in [3.05, 3.63) is 39.7 Å². The number of furan rings is 1. The second-order valence-electron chi connectivity index (χ2n) is 7.42. The minimum Gasteiger partial charge on any atom is -0.455 e. The van der Waals surface area contributed by atoms with Crippen LogP contribution in [0.1, 0.15) is 46.3 Å². The number of benzene rings is 1. The fraction of sp³-hybridized carbons (Fsp3) is 0.444. The summed E-state index contributed by atoms with van der Waals surface area (Å²) >= 11 is 2.43. The maximum Gasteiger partial charge on any atom is 0.144 e. The minimum atomic E-state index is 0.235. The predicted octanol–water partition coefficient (Wildman–Crippen LogP) is 6.27. The van der Waals surface area contributed by atoms with Gasteiger partial charge in [-0.1, -0.05) is 52.0 Å². The van der Waals surface area contributed by atoms with Crippen molar-refractivity contribution < 1.29 is 4.42 Å². The van der Waals surface area contributed by atoms with E-state index < -0.39 is 0 Å². The van der Waals surface area contributed by atoms with E-state index in [2.05, 4.69) is 74.6 Å². The minimum absolute atomic E-state index is 0.235. The zero-order valence-corrected chi connectivity index (χ0v) is 14.7. The molecule has 0 radical (unpaired) electrons. The molecule has 20 heavy (non-hydrogen) atoms. The van der Waals surface area contributed by atoms with Crippen LogP contribution >= 0.6 is 22.6 Å². The molecule has 0 unspecified atom stereocenters. The fourth-order valence-electron chi connectivity index (χ4n) is 3.75. The van der Waals surface area contributed by atoms with Crippen LogP contribution in [0.15, 0.2) is 34.8 Å². The van der Waals surface area contributed by atoms with Crippen molar-refractivity contribution in [1.82, 2.24) is 0 Å². The van der Waals surface area contributed by atoms with E-state index in [4.69, 9.17) is 4.42 Å². The van der Waals surface area contributed by atoms with Gasteiger partial charge in [-0.05, 0) is 57.9 Å². The van der Waals surface area contributed by atoms with Gasteiger partial charge in [-0.3, -0.25) is 0 Å². The van der Waals surface area contributed by atoms with Crippen LogP contribution in [0.2, 0.25) is 0 Å². The van der Waals surface area contributed by atoms with E-state index in [0.29, 0.717) is 5.41 Å². The molecule has 0 atom stereocenters. The number of fused-ring (bicyclic) bond motifs is 1. The highest BCUT2D eigenvalue weighted by Gasteiger charge is 2.35. The summed E-state index contributed by atoms with van der Waals surface area (Å²) in [4.78, 5) is 0. The molecule has 1 nitrogen and oxygen atoms in total. The Labute approximate surface area is 134 Å². The van der Waals surface area contributed by atoms with Gasteiger partial charge >= 0.3 is 0 Å². The quantitative estimate of drug-likeness (QED) is 0.532. The van der Waals surface area contributed by atoms with Gasteiger partial charge in [-0.25, -0.2) is 0 Å². The Hall–Kier alpha value is -0.770. The molecule has 0 saturated carbocycles. The SMILES string of the molecule is CC1(C)C=C(c2oc3ccccc3c2I)CC(C)(C)C1. The van der Waals surface area contributed by atoms with E-state index in [9.17, 15) is 0 Å². The normalized spacial score (nSPS) is 20.9. The summed E-state index contributed by atoms with van der Waals surface area (Å²) in [6, 6.07) is 8.31. The van der Waals surface area contributed by atoms with Crippen molar-refractivity contribution in [2.75, 3.05) is 0 Å². The Morgan fingerprint density at radius 3 is 2.45 bits per heavy atom. The standard InChI is InChI=1S/C18H21IO/c1-17(2)9-12(10-18(3,4)11-17)16-15(19)13-7-5-6-8-14(13)20-16/h5-9H,10-11H2,1-4H3. The summed E-state index contributed by atoms with van der Waals surface area (Å²) in [5.41, 5.74) is 2.93. The van der Waals surface area contributed by atoms with Crippen LogP contribution in [-0.2, 0) is 0 Å². The van der Waals surface area contributed by atoms with E-state index in [-0.39, 0.29) is 5.41 Å². The third-order valence-corrected chi connectivity index (χ3v) is 5.07. The molecule has 3 rings (SSSR count). The molecule has 1 aromatic heterocycles. The Morgan fingerprint density at radius 1 is 1.10 bits per heavy atom. The highest BCUT2D eigenvalue weighted by Crippen LogP contribution is 2.48. The molecule has 0 fully saturated rings. The number of hydrogen-bond acceptors (Lipinski definition) is 1. The molecule has 2 heteroatoms. The van der Waals surface area contributed by atoms with Crippen molar-refractivity contribution in [3.63, 3.8) is 0 Å². The van der Waals surface area contributed by atoms with Crippen LogP contribution in [0.4, 0.5) is 0 Å². The van der Waals surface area contributed by atoms with Gasteiger partial charge in [0.05, 0.1) is 3.57 Å². The Morgan fingerprint density at radius 2 is 1.80 bits per heavy atom. The first-order chi connectivity index (χ1) is 9.27. The molecule has 1 heterocycles. The zero-order chi connectivity index (χ0) is 14.5. The third-order valence-electron chi connectivity index (χ3n) is 3.99. The van der Waals surface area contributed by atoms with E-state index in [1.54, 1.807) is 0 Å². The number of hydrogen-bond donors (Lipinski definition) is 0. The maximum atomic E-state index is 6.15. The summed E-state index contributed by atoms with van der Waals surface area (Å²) in [7, 11) is 0. The van der Waals surface area contributed by atoms with Crippen LogP contribution in [0.5, 0.6) is 0 Å². The van der Waals surface area contributed by atoms with Crippen LogP contribution in [0.25, 0.3) is 16.5 Å². The molecule has 1 aliphatic rings. The smallest absolute Gasteiger partial charge is 0.144 e. The van der Waals surface area contributed by atoms with Crippen molar-refractivity contribution in [3.8, 4) is 0 Å². The lowest BCUT2D eigenvalue weighted by Crippen LogP contribution is -2.26. The number of rotatable bonds is 1. The lowest BCUT2D eigenvalue weighted by molar-refractivity contribution is 0.227. The fourth-order valence-corrected chi connectivity index (χ4v) is 4.65. The monoisotopic (exact) mass is 380 g/mol. The van der Waals surface area contributed by atoms with E-state index in [0.717, 1.165) is 17.8 Å². The summed E-state index contributed by atoms with van der Waals surface area (Å²) in [5.74, 6) is 1.08. The van der Waals surface area contributed by atoms with Gasteiger partial charge in [0.1, 0.15) is 11.3 Å². The molecule has 2 aromatic rings. The summed E-state index contributed by atoms with van der Waals surface area (Å²) in [6.45, 7) is 9.36. The van der Waals surface area contributed by atoms with Crippen molar-refractivity contribution in [1.29, 1.82) is 0 Å². The predicted molar refractivity (Wildman–Crippen MR) is 93.7 cm³/mol. The third kappa shape index (κ3) is 2.54. The topological polar surface area (TPSA) is 13.1 Å². The van der Waals surface area contributed by atoms with Gasteiger partial charge in [0.15, 0.2) is 0 Å². The van der Waals surface area contributed by atoms with Gasteiger partial charge in [0, 0.05) is 5.39 Å². The van der Waals surface area contributed by atoms with Gasteiger partial charge in [0.25, 0.3) is 0 Å². The average molecular weight is 380 g/mol. The number of para-hydroxylation sites is 1. The van der Waals surface area contributed by atoms with Gasteiger partial charge in [-0.2, -0.15) is 0 Å². The van der Waals surface area contributed by atoms with Crippen LogP contribution in [0, 0.1) is 14.4 Å². The van der Waals surface area contributed by atoms with Gasteiger partial charge < -0.3 is 4.42 Å². The first-order valence-electron chi connectivity index (χ1n) is 7.17. The summed E-state index contributed by atoms with van der Waals surface area (Å²) in [5, 5.41) is 1.23. The molecule has 1 aromatic carbocycles. The molecule has 106 valence electrons. The first-order valence-corrected chi connectivity index (χ1v) is 8.24. The highest BCUT2D eigenvalue weighted by molar-refractivity contribution is 14.1. The van der Waals surface area contributed by atoms with Crippen molar-refractivity contribution >= 4 is 39.1 Å². The van der Waals surface area contributed by atoms with Crippen molar-refractivity contribution in [2.45, 2.75) is 40.5 Å². The number of allylic oxidation sites excluding steroid dienone is 2. The Balaban J connectivity index is 2.15. The number of halogens is 1. The summed E-state index contributed by atoms with van der Waals surface area (Å²) < 4.78 is 7.40. The molecule has 0 bridgehead atoms. The molecule has 0 aliphatic heterocycles. The molecule has 0 saturated heterocycles. The van der Waals surface area contributed by atoms with Crippen LogP contribution < -0.4 is 0 Å². The van der Waals surface area contributed by atoms with Crippen LogP contribution in [-0.4, -0.2) is 0 Å². The molecular formula is C18H21IO. The Bertz CT molecular complexity index is 689. The largest absolute Gasteiger partial charge is 0.455 e. The summed E-state index contributed by atoms with van der Waals surface area (Å²) in [6.07, 6.45) is 4.73. The van der Waals surface area contributed by atoms with E-state index in [1.807, 2.05) is 6.07 Å². The van der Waals surface area contributed by atoms with Gasteiger partial charge in [0.2, 0.25) is 0 Å². The lowest BCUT2D eigenvalue weighted by atomic mass is 9.66. The second kappa shape index (κ2) is 4.62.